The second-order valence-electron chi connectivity index (χ2n) is 5.59. The second-order valence-corrected chi connectivity index (χ2v) is 9.75. The Bertz CT molecular complexity index is 778. The lowest BCUT2D eigenvalue weighted by molar-refractivity contribution is -0.120. The molecule has 0 aliphatic heterocycles. The fourth-order valence-corrected chi connectivity index (χ4v) is 6.22. The monoisotopic (exact) mass is 485 g/mol. The van der Waals surface area contributed by atoms with Gasteiger partial charge >= 0.3 is 0 Å². The minimum absolute atomic E-state index is 0.0250. The van der Waals surface area contributed by atoms with E-state index in [2.05, 4.69) is 5.32 Å². The third kappa shape index (κ3) is 2.42. The van der Waals surface area contributed by atoms with Crippen LogP contribution in [0.4, 0.5) is 5.69 Å². The smallest absolute Gasteiger partial charge is 0.229 e. The molecule has 3 atom stereocenters. The zero-order valence-corrected chi connectivity index (χ0v) is 17.5. The summed E-state index contributed by atoms with van der Waals surface area (Å²) in [5, 5.41) is 3.40. The lowest BCUT2D eigenvalue weighted by Crippen LogP contribution is -2.46. The lowest BCUT2D eigenvalue weighted by atomic mass is 9.91. The van der Waals surface area contributed by atoms with Crippen LogP contribution < -0.4 is 5.32 Å². The summed E-state index contributed by atoms with van der Waals surface area (Å²) < 4.78 is -1.75. The molecule has 0 saturated heterocycles. The third-order valence-corrected chi connectivity index (χ3v) is 9.11. The molecule has 1 aromatic rings. The first kappa shape index (κ1) is 19.5. The molecular weight excluding hydrogens is 482 g/mol. The van der Waals surface area contributed by atoms with Crippen LogP contribution in [-0.2, 0) is 4.79 Å². The summed E-state index contributed by atoms with van der Waals surface area (Å²) in [5.74, 6) is -1.39. The van der Waals surface area contributed by atoms with Crippen LogP contribution in [0.1, 0.15) is 6.42 Å². The first-order valence-electron chi connectivity index (χ1n) is 6.54. The number of allylic oxidation sites excluding steroid dienone is 2. The molecule has 0 spiro atoms. The number of benzene rings is 1. The van der Waals surface area contributed by atoms with E-state index in [9.17, 15) is 4.79 Å². The van der Waals surface area contributed by atoms with Crippen LogP contribution >= 0.6 is 92.8 Å². The fourth-order valence-electron chi connectivity index (χ4n) is 2.99. The molecule has 10 heteroatoms. The molecule has 130 valence electrons. The SMILES string of the molecule is O=C(Nc1ccc(Cl)cc1Cl)[C@H]1C[C@@]2(Cl)C(Cl)=C(Cl)[C@]1(Cl)C2(Cl)Cl. The molecule has 1 aromatic carbocycles. The van der Waals surface area contributed by atoms with Crippen LogP contribution in [0.5, 0.6) is 0 Å². The van der Waals surface area contributed by atoms with Gasteiger partial charge in [-0.2, -0.15) is 0 Å². The number of rotatable bonds is 2. The molecule has 0 aromatic heterocycles. The number of fused-ring (bicyclic) bond motifs is 2. The Morgan fingerprint density at radius 1 is 1.04 bits per heavy atom. The third-order valence-electron chi connectivity index (χ3n) is 4.29. The van der Waals surface area contributed by atoms with E-state index in [0.29, 0.717) is 10.7 Å². The number of hydrogen-bond acceptors (Lipinski definition) is 1. The van der Waals surface area contributed by atoms with Crippen LogP contribution in [-0.4, -0.2) is 20.0 Å². The molecule has 2 nitrogen and oxygen atoms in total. The fraction of sp³-hybridized carbons (Fsp3) is 0.357. The topological polar surface area (TPSA) is 29.1 Å². The van der Waals surface area contributed by atoms with Gasteiger partial charge in [0.15, 0.2) is 4.33 Å². The van der Waals surface area contributed by atoms with Gasteiger partial charge in [-0.15, -0.1) is 23.2 Å². The average Bonchev–Trinajstić information content (AvgIpc) is 2.72. The maximum absolute atomic E-state index is 12.7. The summed E-state index contributed by atoms with van der Waals surface area (Å²) in [6.45, 7) is 0. The number of hydrogen-bond donors (Lipinski definition) is 1. The molecular formula is C14H7Cl8NO. The zero-order chi connectivity index (χ0) is 18.1. The quantitative estimate of drug-likeness (QED) is 0.457. The summed E-state index contributed by atoms with van der Waals surface area (Å²) in [6, 6.07) is 4.64. The van der Waals surface area contributed by atoms with E-state index < -0.39 is 25.9 Å². The molecule has 2 bridgehead atoms. The van der Waals surface area contributed by atoms with Crippen molar-refractivity contribution in [2.45, 2.75) is 20.5 Å². The lowest BCUT2D eigenvalue weighted by Gasteiger charge is -2.33. The summed E-state index contributed by atoms with van der Waals surface area (Å²) in [6.07, 6.45) is 0.0250. The summed E-state index contributed by atoms with van der Waals surface area (Å²) in [5.41, 5.74) is 0.360. The van der Waals surface area contributed by atoms with Gasteiger partial charge in [0.25, 0.3) is 0 Å². The van der Waals surface area contributed by atoms with E-state index in [1.807, 2.05) is 0 Å². The number of halogens is 8. The Kier molecular flexibility index (Phi) is 4.99. The standard InChI is InChI=1S/C14H7Cl8NO/c15-5-1-2-8(7(16)3-5)23-11(24)6-4-12(19)9(17)10(18)13(6,20)14(12,21)22/h1-3,6H,4H2,(H,23,24)/t6-,12-,13+/m1/s1. The van der Waals surface area contributed by atoms with Crippen molar-refractivity contribution < 1.29 is 4.79 Å². The second kappa shape index (κ2) is 6.14. The van der Waals surface area contributed by atoms with Gasteiger partial charge in [0.2, 0.25) is 5.91 Å². The van der Waals surface area contributed by atoms with Crippen LogP contribution in [0.2, 0.25) is 10.0 Å². The Hall–Kier alpha value is 0.750. The first-order valence-corrected chi connectivity index (χ1v) is 9.57. The predicted molar refractivity (Wildman–Crippen MR) is 104 cm³/mol. The minimum Gasteiger partial charge on any atom is -0.324 e. The predicted octanol–water partition coefficient (Wildman–Crippen LogP) is 6.78. The highest BCUT2D eigenvalue weighted by atomic mass is 35.5. The molecule has 1 fully saturated rings. The van der Waals surface area contributed by atoms with E-state index in [1.54, 1.807) is 12.1 Å². The van der Waals surface area contributed by atoms with Gasteiger partial charge in [0.05, 0.1) is 26.7 Å². The van der Waals surface area contributed by atoms with Crippen molar-refractivity contribution in [2.24, 2.45) is 5.92 Å². The highest BCUT2D eigenvalue weighted by Gasteiger charge is 2.79. The van der Waals surface area contributed by atoms with Gasteiger partial charge in [0.1, 0.15) is 9.75 Å². The molecule has 0 heterocycles. The van der Waals surface area contributed by atoms with E-state index in [4.69, 9.17) is 92.8 Å². The molecule has 2 aliphatic carbocycles. The Labute approximate surface area is 178 Å². The van der Waals surface area contributed by atoms with E-state index in [1.165, 1.54) is 6.07 Å². The largest absolute Gasteiger partial charge is 0.324 e. The highest BCUT2D eigenvalue weighted by Crippen LogP contribution is 2.74. The number of carbonyl (C=O) groups excluding carboxylic acids is 1. The maximum Gasteiger partial charge on any atom is 0.229 e. The number of nitrogens with one attached hydrogen (secondary N) is 1. The number of amides is 1. The van der Waals surface area contributed by atoms with Gasteiger partial charge < -0.3 is 5.32 Å². The first-order chi connectivity index (χ1) is 11.0. The molecule has 2 aliphatic rings. The molecule has 1 amide bonds. The summed E-state index contributed by atoms with van der Waals surface area (Å²) in [7, 11) is 0. The summed E-state index contributed by atoms with van der Waals surface area (Å²) >= 11 is 50.0. The van der Waals surface area contributed by atoms with Crippen molar-refractivity contribution in [2.75, 3.05) is 5.32 Å². The highest BCUT2D eigenvalue weighted by molar-refractivity contribution is 6.66. The Morgan fingerprint density at radius 3 is 2.17 bits per heavy atom. The number of anilines is 1. The van der Waals surface area contributed by atoms with Crippen molar-refractivity contribution >= 4 is 104 Å². The van der Waals surface area contributed by atoms with Gasteiger partial charge in [0, 0.05) is 5.02 Å². The average molecular weight is 489 g/mol. The molecule has 3 rings (SSSR count). The minimum atomic E-state index is -1.75. The van der Waals surface area contributed by atoms with E-state index in [0.717, 1.165) is 0 Å². The molecule has 1 N–H and O–H groups in total. The maximum atomic E-state index is 12.7. The molecule has 0 unspecified atom stereocenters. The van der Waals surface area contributed by atoms with Crippen molar-refractivity contribution in [3.63, 3.8) is 0 Å². The Morgan fingerprint density at radius 2 is 1.67 bits per heavy atom. The van der Waals surface area contributed by atoms with Crippen LogP contribution in [0.25, 0.3) is 0 Å². The van der Waals surface area contributed by atoms with Crippen molar-refractivity contribution in [3.8, 4) is 0 Å². The van der Waals surface area contributed by atoms with Crippen LogP contribution in [0, 0.1) is 5.92 Å². The molecule has 24 heavy (non-hydrogen) atoms. The normalized spacial score (nSPS) is 33.9. The van der Waals surface area contributed by atoms with Gasteiger partial charge in [-0.1, -0.05) is 69.6 Å². The van der Waals surface area contributed by atoms with Crippen molar-refractivity contribution in [1.29, 1.82) is 0 Å². The zero-order valence-electron chi connectivity index (χ0n) is 11.4. The van der Waals surface area contributed by atoms with Gasteiger partial charge in [-0.05, 0) is 24.6 Å². The van der Waals surface area contributed by atoms with Crippen molar-refractivity contribution in [1.82, 2.24) is 0 Å². The van der Waals surface area contributed by atoms with Gasteiger partial charge in [-0.25, -0.2) is 0 Å². The molecule has 1 saturated carbocycles. The summed E-state index contributed by atoms with van der Waals surface area (Å²) in [4.78, 5) is 9.66. The number of alkyl halides is 4. The van der Waals surface area contributed by atoms with E-state index >= 15 is 0 Å². The Balaban J connectivity index is 1.96. The van der Waals surface area contributed by atoms with Crippen LogP contribution in [0.3, 0.4) is 0 Å². The van der Waals surface area contributed by atoms with Crippen LogP contribution in [0.15, 0.2) is 28.3 Å². The number of carbonyl (C=O) groups is 1. The van der Waals surface area contributed by atoms with E-state index in [-0.39, 0.29) is 21.5 Å². The van der Waals surface area contributed by atoms with Crippen molar-refractivity contribution in [3.05, 3.63) is 38.3 Å². The van der Waals surface area contributed by atoms with Gasteiger partial charge in [-0.3, -0.25) is 4.79 Å². The molecule has 0 radical (unpaired) electrons.